The van der Waals surface area contributed by atoms with Crippen molar-refractivity contribution in [2.45, 2.75) is 55.6 Å². The van der Waals surface area contributed by atoms with Crippen molar-refractivity contribution in [2.24, 2.45) is 11.5 Å². The fourth-order valence-electron chi connectivity index (χ4n) is 3.77. The number of carbonyl (C=O) groups is 4. The molecule has 12 heteroatoms. The second kappa shape index (κ2) is 18.0. The largest absolute Gasteiger partial charge is 0.480 e. The minimum absolute atomic E-state index is 0.0660. The van der Waals surface area contributed by atoms with Crippen molar-refractivity contribution in [3.63, 3.8) is 0 Å². The van der Waals surface area contributed by atoms with Gasteiger partial charge in [0.05, 0.1) is 6.61 Å². The molecular weight excluding hydrogens is 534 g/mol. The van der Waals surface area contributed by atoms with Crippen LogP contribution in [-0.4, -0.2) is 77.0 Å². The van der Waals surface area contributed by atoms with Gasteiger partial charge in [0, 0.05) is 17.9 Å². The number of unbranched alkanes of at least 4 members (excludes halogenated alkanes) is 1. The standard InChI is InChI=1S/C28H39N5O6S/c29-14-8-7-13-22(31-25(35)21(30)16-34)26(36)33-24(18-40-17-20-11-5-2-6-12-20)27(37)32-23(28(38)39)15-19-9-3-1-4-10-19/h1-6,9-12,21-24,34H,7-8,13-18,29-30H2,(H,31,35)(H,32,37)(H,33,36)(H,38,39)/t21-,22-,23-,24-/m0/s1. The van der Waals surface area contributed by atoms with Gasteiger partial charge in [0.1, 0.15) is 24.2 Å². The lowest BCUT2D eigenvalue weighted by Gasteiger charge is -2.25. The maximum Gasteiger partial charge on any atom is 0.326 e. The molecule has 40 heavy (non-hydrogen) atoms. The number of carbonyl (C=O) groups excluding carboxylic acids is 3. The molecule has 0 aliphatic heterocycles. The van der Waals surface area contributed by atoms with E-state index in [0.29, 0.717) is 25.1 Å². The fourth-order valence-corrected chi connectivity index (χ4v) is 4.79. The molecule has 0 spiro atoms. The van der Waals surface area contributed by atoms with Gasteiger partial charge in [-0.3, -0.25) is 14.4 Å². The number of amides is 3. The number of hydrogen-bond acceptors (Lipinski definition) is 8. The Balaban J connectivity index is 2.18. The highest BCUT2D eigenvalue weighted by Gasteiger charge is 2.30. The van der Waals surface area contributed by atoms with Gasteiger partial charge in [0.2, 0.25) is 17.7 Å². The highest BCUT2D eigenvalue weighted by molar-refractivity contribution is 7.98. The minimum atomic E-state index is -1.21. The molecule has 0 unspecified atom stereocenters. The molecule has 0 bridgehead atoms. The summed E-state index contributed by atoms with van der Waals surface area (Å²) in [5.41, 5.74) is 12.9. The molecule has 0 saturated heterocycles. The number of hydrogen-bond donors (Lipinski definition) is 7. The Morgan fingerprint density at radius 1 is 0.775 bits per heavy atom. The Labute approximate surface area is 238 Å². The average molecular weight is 574 g/mol. The van der Waals surface area contributed by atoms with E-state index in [2.05, 4.69) is 16.0 Å². The Morgan fingerprint density at radius 3 is 1.90 bits per heavy atom. The summed E-state index contributed by atoms with van der Waals surface area (Å²) in [7, 11) is 0. The summed E-state index contributed by atoms with van der Waals surface area (Å²) in [5.74, 6) is -2.46. The SMILES string of the molecule is NCCCC[C@H](NC(=O)[C@@H](N)CO)C(=O)N[C@@H](CSCc1ccccc1)C(=O)N[C@@H](Cc1ccccc1)C(=O)O. The number of aliphatic carboxylic acids is 1. The maximum absolute atomic E-state index is 13.3. The van der Waals surface area contributed by atoms with Crippen molar-refractivity contribution in [1.29, 1.82) is 0 Å². The molecule has 0 aliphatic carbocycles. The van der Waals surface area contributed by atoms with Crippen LogP contribution in [0, 0.1) is 0 Å². The number of carboxylic acid groups (broad SMARTS) is 1. The van der Waals surface area contributed by atoms with E-state index in [1.54, 1.807) is 24.3 Å². The van der Waals surface area contributed by atoms with Gasteiger partial charge in [-0.2, -0.15) is 11.8 Å². The van der Waals surface area contributed by atoms with E-state index in [4.69, 9.17) is 11.5 Å². The first-order valence-corrected chi connectivity index (χ1v) is 14.3. The first-order valence-electron chi connectivity index (χ1n) is 13.1. The van der Waals surface area contributed by atoms with Crippen LogP contribution >= 0.6 is 11.8 Å². The molecular formula is C28H39N5O6S. The minimum Gasteiger partial charge on any atom is -0.480 e. The predicted octanol–water partition coefficient (Wildman–Crippen LogP) is 0.150. The average Bonchev–Trinajstić information content (AvgIpc) is 2.96. The number of benzene rings is 2. The summed E-state index contributed by atoms with van der Waals surface area (Å²) in [6.45, 7) is -0.195. The number of rotatable bonds is 18. The van der Waals surface area contributed by atoms with Crippen molar-refractivity contribution in [3.05, 3.63) is 71.8 Å². The van der Waals surface area contributed by atoms with Crippen molar-refractivity contribution in [3.8, 4) is 0 Å². The number of nitrogens with two attached hydrogens (primary N) is 2. The molecule has 2 aromatic rings. The molecule has 0 aromatic heterocycles. The smallest absolute Gasteiger partial charge is 0.326 e. The third-order valence-electron chi connectivity index (χ3n) is 6.04. The maximum atomic E-state index is 13.3. The van der Waals surface area contributed by atoms with Crippen LogP contribution in [0.4, 0.5) is 0 Å². The molecule has 0 fully saturated rings. The van der Waals surface area contributed by atoms with Crippen LogP contribution in [0.25, 0.3) is 0 Å². The molecule has 0 aliphatic rings. The van der Waals surface area contributed by atoms with Gasteiger partial charge in [0.25, 0.3) is 0 Å². The number of thioether (sulfide) groups is 1. The molecule has 2 rings (SSSR count). The first-order chi connectivity index (χ1) is 19.2. The van der Waals surface area contributed by atoms with Crippen molar-refractivity contribution in [1.82, 2.24) is 16.0 Å². The summed E-state index contributed by atoms with van der Waals surface area (Å²) in [5, 5.41) is 26.7. The summed E-state index contributed by atoms with van der Waals surface area (Å²) >= 11 is 1.40. The Hall–Kier alpha value is -3.45. The summed E-state index contributed by atoms with van der Waals surface area (Å²) < 4.78 is 0. The monoisotopic (exact) mass is 573 g/mol. The van der Waals surface area contributed by atoms with E-state index in [1.807, 2.05) is 36.4 Å². The van der Waals surface area contributed by atoms with E-state index >= 15 is 0 Å². The summed E-state index contributed by atoms with van der Waals surface area (Å²) in [6.07, 6.45) is 1.45. The zero-order chi connectivity index (χ0) is 29.3. The lowest BCUT2D eigenvalue weighted by molar-refractivity contribution is -0.142. The van der Waals surface area contributed by atoms with Crippen LogP contribution < -0.4 is 27.4 Å². The first kappa shape index (κ1) is 32.8. The topological polar surface area (TPSA) is 197 Å². The zero-order valence-corrected chi connectivity index (χ0v) is 23.1. The zero-order valence-electron chi connectivity index (χ0n) is 22.3. The molecule has 11 nitrogen and oxygen atoms in total. The van der Waals surface area contributed by atoms with E-state index < -0.39 is 54.5 Å². The van der Waals surface area contributed by atoms with Gasteiger partial charge in [-0.25, -0.2) is 4.79 Å². The van der Waals surface area contributed by atoms with Crippen molar-refractivity contribution in [2.75, 3.05) is 18.9 Å². The quantitative estimate of drug-likeness (QED) is 0.121. The molecule has 0 heterocycles. The predicted molar refractivity (Wildman–Crippen MR) is 154 cm³/mol. The molecule has 4 atom stereocenters. The highest BCUT2D eigenvalue weighted by atomic mass is 32.2. The van der Waals surface area contributed by atoms with E-state index in [9.17, 15) is 29.4 Å². The van der Waals surface area contributed by atoms with Crippen molar-refractivity contribution >= 4 is 35.5 Å². The van der Waals surface area contributed by atoms with E-state index in [0.717, 1.165) is 11.1 Å². The van der Waals surface area contributed by atoms with Gasteiger partial charge in [-0.1, -0.05) is 60.7 Å². The van der Waals surface area contributed by atoms with Crippen molar-refractivity contribution < 1.29 is 29.4 Å². The Kier molecular flexibility index (Phi) is 14.7. The summed E-state index contributed by atoms with van der Waals surface area (Å²) in [6, 6.07) is 13.9. The van der Waals surface area contributed by atoms with Gasteiger partial charge in [-0.05, 0) is 36.9 Å². The van der Waals surface area contributed by atoms with Crippen LogP contribution in [0.5, 0.6) is 0 Å². The number of aliphatic hydroxyl groups excluding tert-OH is 1. The van der Waals surface area contributed by atoms with E-state index in [-0.39, 0.29) is 18.6 Å². The van der Waals surface area contributed by atoms with Gasteiger partial charge < -0.3 is 37.6 Å². The van der Waals surface area contributed by atoms with Crippen LogP contribution in [0.15, 0.2) is 60.7 Å². The van der Waals surface area contributed by atoms with Gasteiger partial charge >= 0.3 is 5.97 Å². The molecule has 2 aromatic carbocycles. The normalized spacial score (nSPS) is 13.9. The van der Waals surface area contributed by atoms with Gasteiger partial charge in [0.15, 0.2) is 0 Å². The third-order valence-corrected chi connectivity index (χ3v) is 7.15. The molecule has 9 N–H and O–H groups in total. The van der Waals surface area contributed by atoms with Crippen LogP contribution in [0.3, 0.4) is 0 Å². The number of aliphatic hydroxyl groups is 1. The Bertz CT molecular complexity index is 1080. The summed E-state index contributed by atoms with van der Waals surface area (Å²) in [4.78, 5) is 50.9. The van der Waals surface area contributed by atoms with E-state index in [1.165, 1.54) is 11.8 Å². The molecule has 0 saturated carbocycles. The van der Waals surface area contributed by atoms with Crippen LogP contribution in [0.1, 0.15) is 30.4 Å². The molecule has 218 valence electrons. The molecule has 0 radical (unpaired) electrons. The Morgan fingerprint density at radius 2 is 1.32 bits per heavy atom. The number of carboxylic acids is 1. The third kappa shape index (κ3) is 11.7. The fraction of sp³-hybridized carbons (Fsp3) is 0.429. The second-order valence-corrected chi connectivity index (χ2v) is 10.3. The van der Waals surface area contributed by atoms with Crippen LogP contribution in [-0.2, 0) is 31.4 Å². The highest BCUT2D eigenvalue weighted by Crippen LogP contribution is 2.14. The lowest BCUT2D eigenvalue weighted by atomic mass is 10.1. The van der Waals surface area contributed by atoms with Crippen LogP contribution in [0.2, 0.25) is 0 Å². The van der Waals surface area contributed by atoms with Gasteiger partial charge in [-0.15, -0.1) is 0 Å². The molecule has 3 amide bonds. The number of nitrogens with one attached hydrogen (secondary N) is 3. The second-order valence-electron chi connectivity index (χ2n) is 9.29. The lowest BCUT2D eigenvalue weighted by Crippen LogP contribution is -2.58.